The third-order valence-electron chi connectivity index (χ3n) is 6.56. The Morgan fingerprint density at radius 1 is 1.25 bits per heavy atom. The SMILES string of the molecule is COc1ccc(C2(CNC(=O)c3cc(C(C)C)nc4c3c(C)nn4C)CCOCC2)cc1. The highest BCUT2D eigenvalue weighted by Gasteiger charge is 2.35. The third-order valence-corrected chi connectivity index (χ3v) is 6.56. The molecule has 0 atom stereocenters. The molecule has 1 aromatic carbocycles. The second kappa shape index (κ2) is 8.90. The second-order valence-corrected chi connectivity index (χ2v) is 8.96. The number of fused-ring (bicyclic) bond motifs is 1. The Morgan fingerprint density at radius 3 is 2.56 bits per heavy atom. The Balaban J connectivity index is 1.66. The number of pyridine rings is 1. The highest BCUT2D eigenvalue weighted by Crippen LogP contribution is 2.35. The molecule has 1 N–H and O–H groups in total. The third kappa shape index (κ3) is 4.09. The summed E-state index contributed by atoms with van der Waals surface area (Å²) in [4.78, 5) is 18.2. The van der Waals surface area contributed by atoms with E-state index in [-0.39, 0.29) is 17.2 Å². The fraction of sp³-hybridized carbons (Fsp3) is 0.480. The molecular formula is C25H32N4O3. The monoisotopic (exact) mass is 436 g/mol. The van der Waals surface area contributed by atoms with Crippen LogP contribution in [0.3, 0.4) is 0 Å². The lowest BCUT2D eigenvalue weighted by Gasteiger charge is -2.38. The maximum absolute atomic E-state index is 13.5. The number of nitrogens with one attached hydrogen (secondary N) is 1. The fourth-order valence-corrected chi connectivity index (χ4v) is 4.56. The van der Waals surface area contributed by atoms with E-state index in [0.717, 1.165) is 41.0 Å². The maximum Gasteiger partial charge on any atom is 0.252 e. The zero-order valence-electron chi connectivity index (χ0n) is 19.6. The van der Waals surface area contributed by atoms with E-state index in [1.807, 2.05) is 32.2 Å². The van der Waals surface area contributed by atoms with E-state index >= 15 is 0 Å². The number of hydrogen-bond donors (Lipinski definition) is 1. The molecule has 0 unspecified atom stereocenters. The second-order valence-electron chi connectivity index (χ2n) is 8.96. The predicted molar refractivity (Wildman–Crippen MR) is 124 cm³/mol. The van der Waals surface area contributed by atoms with Crippen LogP contribution in [0.25, 0.3) is 11.0 Å². The van der Waals surface area contributed by atoms with E-state index in [1.54, 1.807) is 11.8 Å². The van der Waals surface area contributed by atoms with Crippen molar-refractivity contribution in [3.05, 3.63) is 52.8 Å². The Morgan fingerprint density at radius 2 is 1.94 bits per heavy atom. The van der Waals surface area contributed by atoms with E-state index < -0.39 is 0 Å². The van der Waals surface area contributed by atoms with Gasteiger partial charge in [0.2, 0.25) is 0 Å². The van der Waals surface area contributed by atoms with Gasteiger partial charge in [0, 0.05) is 37.9 Å². The van der Waals surface area contributed by atoms with Gasteiger partial charge >= 0.3 is 0 Å². The van der Waals surface area contributed by atoms with Gasteiger partial charge in [-0.05, 0) is 49.4 Å². The molecule has 0 radical (unpaired) electrons. The molecule has 7 nitrogen and oxygen atoms in total. The molecule has 0 bridgehead atoms. The molecule has 1 saturated heterocycles. The van der Waals surface area contributed by atoms with Gasteiger partial charge in [-0.3, -0.25) is 9.48 Å². The van der Waals surface area contributed by atoms with E-state index in [4.69, 9.17) is 14.5 Å². The fourth-order valence-electron chi connectivity index (χ4n) is 4.56. The van der Waals surface area contributed by atoms with E-state index in [1.165, 1.54) is 5.56 Å². The van der Waals surface area contributed by atoms with Crippen molar-refractivity contribution >= 4 is 16.9 Å². The number of methoxy groups -OCH3 is 1. The molecule has 4 rings (SSSR count). The Kier molecular flexibility index (Phi) is 6.20. The maximum atomic E-state index is 13.5. The van der Waals surface area contributed by atoms with Crippen LogP contribution in [0.4, 0.5) is 0 Å². The van der Waals surface area contributed by atoms with Crippen molar-refractivity contribution in [2.24, 2.45) is 7.05 Å². The van der Waals surface area contributed by atoms with Gasteiger partial charge in [-0.15, -0.1) is 0 Å². The topological polar surface area (TPSA) is 78.3 Å². The summed E-state index contributed by atoms with van der Waals surface area (Å²) in [5, 5.41) is 8.57. The van der Waals surface area contributed by atoms with Gasteiger partial charge in [-0.1, -0.05) is 26.0 Å². The number of carbonyl (C=O) groups excluding carboxylic acids is 1. The average Bonchev–Trinajstić information content (AvgIpc) is 3.11. The van der Waals surface area contributed by atoms with Gasteiger partial charge in [0.05, 0.1) is 23.8 Å². The van der Waals surface area contributed by atoms with Crippen LogP contribution in [0.15, 0.2) is 30.3 Å². The zero-order chi connectivity index (χ0) is 22.9. The summed E-state index contributed by atoms with van der Waals surface area (Å²) in [6, 6.07) is 10.1. The highest BCUT2D eigenvalue weighted by molar-refractivity contribution is 6.06. The quantitative estimate of drug-likeness (QED) is 0.634. The van der Waals surface area contributed by atoms with Crippen LogP contribution >= 0.6 is 0 Å². The lowest BCUT2D eigenvalue weighted by atomic mass is 9.74. The molecular weight excluding hydrogens is 404 g/mol. The van der Waals surface area contributed by atoms with E-state index in [9.17, 15) is 4.79 Å². The Hall–Kier alpha value is -2.93. The minimum Gasteiger partial charge on any atom is -0.497 e. The number of aryl methyl sites for hydroxylation is 2. The smallest absolute Gasteiger partial charge is 0.252 e. The summed E-state index contributed by atoms with van der Waals surface area (Å²) in [5.74, 6) is 0.949. The molecule has 0 saturated carbocycles. The van der Waals surface area contributed by atoms with Crippen molar-refractivity contribution in [1.29, 1.82) is 0 Å². The Bertz CT molecular complexity index is 1110. The number of ether oxygens (including phenoxy) is 2. The van der Waals surface area contributed by atoms with Crippen molar-refractivity contribution in [1.82, 2.24) is 20.1 Å². The number of amides is 1. The molecule has 170 valence electrons. The van der Waals surface area contributed by atoms with Crippen molar-refractivity contribution in [2.75, 3.05) is 26.9 Å². The van der Waals surface area contributed by atoms with Crippen LogP contribution in [0.1, 0.15) is 59.9 Å². The van der Waals surface area contributed by atoms with Gasteiger partial charge in [-0.2, -0.15) is 5.10 Å². The number of carbonyl (C=O) groups is 1. The average molecular weight is 437 g/mol. The van der Waals surface area contributed by atoms with Crippen molar-refractivity contribution in [3.63, 3.8) is 0 Å². The minimum atomic E-state index is -0.169. The summed E-state index contributed by atoms with van der Waals surface area (Å²) in [6.07, 6.45) is 1.71. The molecule has 32 heavy (non-hydrogen) atoms. The first kappa shape index (κ1) is 22.3. The molecule has 1 aliphatic heterocycles. The van der Waals surface area contributed by atoms with Crippen molar-refractivity contribution in [2.45, 2.75) is 44.9 Å². The van der Waals surface area contributed by atoms with Gasteiger partial charge in [0.25, 0.3) is 5.91 Å². The number of nitrogens with zero attached hydrogens (tertiary/aromatic N) is 3. The summed E-state index contributed by atoms with van der Waals surface area (Å²) < 4.78 is 12.7. The first-order valence-corrected chi connectivity index (χ1v) is 11.2. The zero-order valence-corrected chi connectivity index (χ0v) is 19.6. The van der Waals surface area contributed by atoms with Crippen molar-refractivity contribution in [3.8, 4) is 5.75 Å². The molecule has 0 aliphatic carbocycles. The van der Waals surface area contributed by atoms with E-state index in [0.29, 0.717) is 25.3 Å². The van der Waals surface area contributed by atoms with E-state index in [2.05, 4.69) is 36.4 Å². The molecule has 1 aliphatic rings. The van der Waals surface area contributed by atoms with Crippen LogP contribution in [0.2, 0.25) is 0 Å². The first-order valence-electron chi connectivity index (χ1n) is 11.2. The number of aromatic nitrogens is 3. The molecule has 7 heteroatoms. The highest BCUT2D eigenvalue weighted by atomic mass is 16.5. The van der Waals surface area contributed by atoms with Gasteiger partial charge in [0.15, 0.2) is 5.65 Å². The number of hydrogen-bond acceptors (Lipinski definition) is 5. The first-order chi connectivity index (χ1) is 15.3. The molecule has 1 fully saturated rings. The molecule has 3 heterocycles. The van der Waals surface area contributed by atoms with Gasteiger partial charge in [0.1, 0.15) is 5.75 Å². The molecule has 1 amide bonds. The lowest BCUT2D eigenvalue weighted by Crippen LogP contribution is -2.44. The van der Waals surface area contributed by atoms with Crippen LogP contribution in [-0.4, -0.2) is 47.5 Å². The summed E-state index contributed by atoms with van der Waals surface area (Å²) in [5.41, 5.74) is 4.11. The lowest BCUT2D eigenvalue weighted by molar-refractivity contribution is 0.0487. The largest absolute Gasteiger partial charge is 0.497 e. The van der Waals surface area contributed by atoms with Gasteiger partial charge in [-0.25, -0.2) is 4.98 Å². The summed E-state index contributed by atoms with van der Waals surface area (Å²) in [7, 11) is 3.54. The number of rotatable bonds is 6. The van der Waals surface area contributed by atoms with Gasteiger partial charge < -0.3 is 14.8 Å². The predicted octanol–water partition coefficient (Wildman–Crippen LogP) is 3.89. The van der Waals surface area contributed by atoms with Crippen LogP contribution < -0.4 is 10.1 Å². The summed E-state index contributed by atoms with van der Waals surface area (Å²) in [6.45, 7) is 8.00. The Labute approximate surface area is 189 Å². The molecule has 3 aromatic rings. The van der Waals surface area contributed by atoms with Crippen LogP contribution in [-0.2, 0) is 17.2 Å². The van der Waals surface area contributed by atoms with Crippen molar-refractivity contribution < 1.29 is 14.3 Å². The standard InChI is InChI=1S/C25H32N4O3/c1-16(2)21-14-20(22-17(3)28-29(4)23(22)27-21)24(30)26-15-25(10-12-32-13-11-25)18-6-8-19(31-5)9-7-18/h6-9,14,16H,10-13,15H2,1-5H3,(H,26,30). The minimum absolute atomic E-state index is 0.0882. The normalized spacial score (nSPS) is 15.8. The number of benzene rings is 1. The molecule has 0 spiro atoms. The summed E-state index contributed by atoms with van der Waals surface area (Å²) >= 11 is 0. The molecule has 2 aromatic heterocycles. The van der Waals surface area contributed by atoms with Crippen LogP contribution in [0, 0.1) is 6.92 Å². The van der Waals surface area contributed by atoms with Crippen LogP contribution in [0.5, 0.6) is 5.75 Å².